The highest BCUT2D eigenvalue weighted by molar-refractivity contribution is 5.85. The lowest BCUT2D eigenvalue weighted by Gasteiger charge is -2.33. The highest BCUT2D eigenvalue weighted by atomic mass is 19.1. The summed E-state index contributed by atoms with van der Waals surface area (Å²) in [5.74, 6) is 1.35. The van der Waals surface area contributed by atoms with Crippen molar-refractivity contribution in [2.24, 2.45) is 0 Å². The van der Waals surface area contributed by atoms with E-state index in [0.717, 1.165) is 37.0 Å². The van der Waals surface area contributed by atoms with Crippen molar-refractivity contribution < 1.29 is 23.4 Å². The summed E-state index contributed by atoms with van der Waals surface area (Å²) in [6, 6.07) is 9.95. The number of amides is 1. The molecule has 1 fully saturated rings. The number of H-pyrrole nitrogens is 1. The van der Waals surface area contributed by atoms with E-state index < -0.39 is 6.09 Å². The molecule has 32 heavy (non-hydrogen) atoms. The number of hydrogen-bond donors (Lipinski definition) is 2. The Morgan fingerprint density at radius 2 is 2.06 bits per heavy atom. The minimum absolute atomic E-state index is 0.187. The van der Waals surface area contributed by atoms with Gasteiger partial charge in [-0.25, -0.2) is 9.18 Å². The van der Waals surface area contributed by atoms with Crippen molar-refractivity contribution in [1.29, 1.82) is 0 Å². The van der Waals surface area contributed by atoms with Crippen LogP contribution in [0.3, 0.4) is 0 Å². The molecule has 9 heteroatoms. The molecule has 8 nitrogen and oxygen atoms in total. The van der Waals surface area contributed by atoms with Gasteiger partial charge in [0.25, 0.3) is 0 Å². The van der Waals surface area contributed by atoms with E-state index >= 15 is 0 Å². The molecule has 3 aromatic rings. The van der Waals surface area contributed by atoms with Gasteiger partial charge in [0, 0.05) is 41.4 Å². The van der Waals surface area contributed by atoms with Gasteiger partial charge in [0.2, 0.25) is 6.79 Å². The molecule has 1 atom stereocenters. The molecular formula is C23H25FN4O4. The van der Waals surface area contributed by atoms with Crippen molar-refractivity contribution >= 4 is 22.7 Å². The van der Waals surface area contributed by atoms with Crippen LogP contribution < -0.4 is 14.8 Å². The fourth-order valence-electron chi connectivity index (χ4n) is 4.43. The molecule has 0 saturated carbocycles. The molecular weight excluding hydrogens is 415 g/mol. The van der Waals surface area contributed by atoms with Crippen LogP contribution in [0.25, 0.3) is 10.9 Å². The Bertz CT molecular complexity index is 1130. The van der Waals surface area contributed by atoms with E-state index in [1.54, 1.807) is 24.3 Å². The minimum atomic E-state index is -0.498. The Hall–Kier alpha value is -3.33. The smallest absolute Gasteiger partial charge is 0.411 e. The zero-order chi connectivity index (χ0) is 22.1. The molecule has 0 radical (unpaired) electrons. The summed E-state index contributed by atoms with van der Waals surface area (Å²) >= 11 is 0. The van der Waals surface area contributed by atoms with Crippen molar-refractivity contribution in [2.75, 3.05) is 31.7 Å². The number of benzene rings is 2. The third-order valence-electron chi connectivity index (χ3n) is 5.99. The lowest BCUT2D eigenvalue weighted by molar-refractivity contribution is 0.0807. The molecule has 2 aliphatic heterocycles. The summed E-state index contributed by atoms with van der Waals surface area (Å²) in [6.07, 6.45) is 1.18. The maximum atomic E-state index is 13.4. The van der Waals surface area contributed by atoms with Gasteiger partial charge in [-0.3, -0.25) is 15.3 Å². The number of likely N-dealkylation sites (tertiary alicyclic amines) is 1. The molecule has 0 bridgehead atoms. The van der Waals surface area contributed by atoms with Crippen LogP contribution in [0.5, 0.6) is 11.5 Å². The molecule has 168 valence electrons. The third kappa shape index (κ3) is 4.34. The number of aromatic amines is 1. The van der Waals surface area contributed by atoms with Gasteiger partial charge in [-0.05, 0) is 57.1 Å². The predicted octanol–water partition coefficient (Wildman–Crippen LogP) is 4.25. The Balaban J connectivity index is 1.10. The number of carbonyl (C=O) groups excluding carboxylic acids is 1. The molecule has 2 aliphatic rings. The second-order valence-corrected chi connectivity index (χ2v) is 8.28. The number of aromatic nitrogens is 2. The second-order valence-electron chi connectivity index (χ2n) is 8.28. The molecule has 0 spiro atoms. The summed E-state index contributed by atoms with van der Waals surface area (Å²) in [5, 5.41) is 11.1. The lowest BCUT2D eigenvalue weighted by Crippen LogP contribution is -2.39. The van der Waals surface area contributed by atoms with Crippen molar-refractivity contribution in [1.82, 2.24) is 15.1 Å². The molecule has 5 rings (SSSR count). The van der Waals surface area contributed by atoms with Gasteiger partial charge in [-0.15, -0.1) is 0 Å². The van der Waals surface area contributed by atoms with E-state index in [-0.39, 0.29) is 18.7 Å². The van der Waals surface area contributed by atoms with E-state index in [9.17, 15) is 9.18 Å². The summed E-state index contributed by atoms with van der Waals surface area (Å²) in [4.78, 5) is 14.6. The zero-order valence-corrected chi connectivity index (χ0v) is 17.8. The molecule has 1 saturated heterocycles. The first-order valence-electron chi connectivity index (χ1n) is 10.8. The standard InChI is InChI=1S/C23H25FN4O4/c1-14(32-23(29)25-17-3-5-20-21(11-17)31-13-30-20)12-28-8-6-15(7-9-28)22-18-4-2-16(24)10-19(18)26-27-22/h2-5,10-11,14-15H,6-9,12-13H2,1H3,(H,25,29)(H,26,27). The number of rotatable bonds is 5. The molecule has 1 unspecified atom stereocenters. The van der Waals surface area contributed by atoms with Crippen molar-refractivity contribution in [3.05, 3.63) is 47.9 Å². The molecule has 1 amide bonds. The highest BCUT2D eigenvalue weighted by Crippen LogP contribution is 2.34. The van der Waals surface area contributed by atoms with Crippen molar-refractivity contribution in [3.8, 4) is 11.5 Å². The van der Waals surface area contributed by atoms with E-state index in [2.05, 4.69) is 20.4 Å². The van der Waals surface area contributed by atoms with Crippen molar-refractivity contribution in [3.63, 3.8) is 0 Å². The topological polar surface area (TPSA) is 88.7 Å². The number of nitrogens with zero attached hydrogens (tertiary/aromatic N) is 2. The number of nitrogens with one attached hydrogen (secondary N) is 2. The van der Waals surface area contributed by atoms with Crippen molar-refractivity contribution in [2.45, 2.75) is 31.8 Å². The number of fused-ring (bicyclic) bond motifs is 2. The Morgan fingerprint density at radius 3 is 2.91 bits per heavy atom. The number of anilines is 1. The van der Waals surface area contributed by atoms with Gasteiger partial charge in [0.15, 0.2) is 11.5 Å². The predicted molar refractivity (Wildman–Crippen MR) is 117 cm³/mol. The highest BCUT2D eigenvalue weighted by Gasteiger charge is 2.25. The van der Waals surface area contributed by atoms with Gasteiger partial charge in [-0.1, -0.05) is 0 Å². The van der Waals surface area contributed by atoms with Crippen LogP contribution in [-0.2, 0) is 4.74 Å². The average molecular weight is 440 g/mol. The van der Waals surface area contributed by atoms with E-state index in [1.807, 2.05) is 6.92 Å². The van der Waals surface area contributed by atoms with Crippen LogP contribution in [0.2, 0.25) is 0 Å². The number of hydrogen-bond acceptors (Lipinski definition) is 6. The lowest BCUT2D eigenvalue weighted by atomic mass is 9.91. The molecule has 2 N–H and O–H groups in total. The first-order valence-corrected chi connectivity index (χ1v) is 10.8. The van der Waals surface area contributed by atoms with Gasteiger partial charge in [0.05, 0.1) is 5.52 Å². The Kier molecular flexibility index (Phi) is 5.57. The van der Waals surface area contributed by atoms with Crippen LogP contribution >= 0.6 is 0 Å². The molecule has 0 aliphatic carbocycles. The maximum Gasteiger partial charge on any atom is 0.411 e. The van der Waals surface area contributed by atoms with Gasteiger partial charge in [0.1, 0.15) is 11.9 Å². The third-order valence-corrected chi connectivity index (χ3v) is 5.99. The van der Waals surface area contributed by atoms with Crippen LogP contribution in [0, 0.1) is 5.82 Å². The summed E-state index contributed by atoms with van der Waals surface area (Å²) in [7, 11) is 0. The zero-order valence-electron chi connectivity index (χ0n) is 17.8. The monoisotopic (exact) mass is 440 g/mol. The molecule has 1 aromatic heterocycles. The SMILES string of the molecule is CC(CN1CCC(c2[nH]nc3cc(F)ccc23)CC1)OC(=O)Nc1ccc2c(c1)OCO2. The average Bonchev–Trinajstić information content (AvgIpc) is 3.40. The summed E-state index contributed by atoms with van der Waals surface area (Å²) in [5.41, 5.74) is 2.34. The Morgan fingerprint density at radius 1 is 1.25 bits per heavy atom. The van der Waals surface area contributed by atoms with E-state index in [4.69, 9.17) is 14.2 Å². The van der Waals surface area contributed by atoms with Crippen LogP contribution in [0.15, 0.2) is 36.4 Å². The van der Waals surface area contributed by atoms with Gasteiger partial charge >= 0.3 is 6.09 Å². The normalized spacial score (nSPS) is 17.4. The first-order chi connectivity index (χ1) is 15.5. The van der Waals surface area contributed by atoms with Crippen LogP contribution in [0.4, 0.5) is 14.9 Å². The van der Waals surface area contributed by atoms with Gasteiger partial charge < -0.3 is 14.2 Å². The summed E-state index contributed by atoms with van der Waals surface area (Å²) < 4.78 is 29.5. The second kappa shape index (κ2) is 8.66. The number of piperidine rings is 1. The van der Waals surface area contributed by atoms with E-state index in [0.29, 0.717) is 35.2 Å². The Labute approximate surface area is 184 Å². The summed E-state index contributed by atoms with van der Waals surface area (Å²) in [6.45, 7) is 4.53. The molecule has 3 heterocycles. The fourth-order valence-corrected chi connectivity index (χ4v) is 4.43. The quantitative estimate of drug-likeness (QED) is 0.617. The largest absolute Gasteiger partial charge is 0.454 e. The first kappa shape index (κ1) is 20.6. The molecule has 2 aromatic carbocycles. The number of ether oxygens (including phenoxy) is 3. The van der Waals surface area contributed by atoms with Gasteiger partial charge in [-0.2, -0.15) is 5.10 Å². The van der Waals surface area contributed by atoms with Crippen LogP contribution in [-0.4, -0.2) is 53.7 Å². The maximum absolute atomic E-state index is 13.4. The fraction of sp³-hybridized carbons (Fsp3) is 0.391. The van der Waals surface area contributed by atoms with E-state index in [1.165, 1.54) is 12.1 Å². The number of halogens is 1. The van der Waals surface area contributed by atoms with Crippen LogP contribution in [0.1, 0.15) is 31.4 Å². The minimum Gasteiger partial charge on any atom is -0.454 e. The number of carbonyl (C=O) groups is 1.